The first-order valence-corrected chi connectivity index (χ1v) is 4.34. The van der Waals surface area contributed by atoms with Crippen LogP contribution in [-0.2, 0) is 9.53 Å². The minimum atomic E-state index is -0.0223. The minimum absolute atomic E-state index is 0.0134. The minimum Gasteiger partial charge on any atom is -0.359 e. The molecule has 68 valence electrons. The number of rotatable bonds is 3. The fourth-order valence-electron chi connectivity index (χ4n) is 1.47. The Morgan fingerprint density at radius 1 is 1.83 bits per heavy atom. The first-order chi connectivity index (χ1) is 5.79. The lowest BCUT2D eigenvalue weighted by molar-refractivity contribution is -0.136. The summed E-state index contributed by atoms with van der Waals surface area (Å²) >= 11 is 0. The molecule has 0 aromatic carbocycles. The number of nitrogens with zero attached hydrogens (tertiary/aromatic N) is 1. The monoisotopic (exact) mass is 169 g/mol. The zero-order chi connectivity index (χ0) is 8.97. The van der Waals surface area contributed by atoms with Crippen LogP contribution < -0.4 is 0 Å². The van der Waals surface area contributed by atoms with Crippen LogP contribution in [0.3, 0.4) is 0 Å². The van der Waals surface area contributed by atoms with Gasteiger partial charge in [0, 0.05) is 13.2 Å². The second-order valence-corrected chi connectivity index (χ2v) is 2.79. The van der Waals surface area contributed by atoms with Gasteiger partial charge in [0.2, 0.25) is 5.91 Å². The van der Waals surface area contributed by atoms with Crippen LogP contribution in [0.1, 0.15) is 19.8 Å². The van der Waals surface area contributed by atoms with Gasteiger partial charge < -0.3 is 9.64 Å². The van der Waals surface area contributed by atoms with Crippen LogP contribution in [0.2, 0.25) is 0 Å². The summed E-state index contributed by atoms with van der Waals surface area (Å²) in [5.74, 6) is -0.0223. The van der Waals surface area contributed by atoms with Gasteiger partial charge in [-0.2, -0.15) is 0 Å². The van der Waals surface area contributed by atoms with Crippen molar-refractivity contribution < 1.29 is 9.53 Å². The number of hydrogen-bond donors (Lipinski definition) is 0. The summed E-state index contributed by atoms with van der Waals surface area (Å²) in [4.78, 5) is 13.0. The molecule has 0 bridgehead atoms. The molecule has 1 amide bonds. The Hall–Kier alpha value is -0.830. The topological polar surface area (TPSA) is 29.5 Å². The Balaban J connectivity index is 2.51. The van der Waals surface area contributed by atoms with Crippen molar-refractivity contribution in [2.24, 2.45) is 0 Å². The summed E-state index contributed by atoms with van der Waals surface area (Å²) < 4.78 is 5.40. The number of carbonyl (C=O) groups excluding carboxylic acids is 1. The van der Waals surface area contributed by atoms with E-state index in [4.69, 9.17) is 4.74 Å². The average Bonchev–Trinajstić information content (AvgIpc) is 2.52. The highest BCUT2D eigenvalue weighted by atomic mass is 16.5. The average molecular weight is 169 g/mol. The van der Waals surface area contributed by atoms with E-state index in [-0.39, 0.29) is 12.1 Å². The van der Waals surface area contributed by atoms with Crippen LogP contribution >= 0.6 is 0 Å². The molecule has 0 saturated carbocycles. The maximum Gasteiger partial charge on any atom is 0.247 e. The van der Waals surface area contributed by atoms with Crippen molar-refractivity contribution in [2.75, 3.05) is 13.2 Å². The summed E-state index contributed by atoms with van der Waals surface area (Å²) in [5, 5.41) is 0. The van der Waals surface area contributed by atoms with Crippen molar-refractivity contribution in [2.45, 2.75) is 26.0 Å². The maximum atomic E-state index is 11.2. The third-order valence-corrected chi connectivity index (χ3v) is 2.01. The first kappa shape index (κ1) is 9.26. The second kappa shape index (κ2) is 4.26. The number of amides is 1. The van der Waals surface area contributed by atoms with Crippen LogP contribution in [-0.4, -0.2) is 30.2 Å². The lowest BCUT2D eigenvalue weighted by atomic mass is 10.4. The molecule has 1 fully saturated rings. The molecule has 0 radical (unpaired) electrons. The molecule has 1 heterocycles. The van der Waals surface area contributed by atoms with Crippen molar-refractivity contribution >= 4 is 5.91 Å². The Bertz CT molecular complexity index is 179. The predicted octanol–water partition coefficient (Wildman–Crippen LogP) is 1.16. The summed E-state index contributed by atoms with van der Waals surface area (Å²) in [7, 11) is 0. The van der Waals surface area contributed by atoms with Crippen molar-refractivity contribution in [3.63, 3.8) is 0 Å². The van der Waals surface area contributed by atoms with Gasteiger partial charge in [-0.15, -0.1) is 0 Å². The van der Waals surface area contributed by atoms with Crippen LogP contribution in [0.4, 0.5) is 0 Å². The third-order valence-electron chi connectivity index (χ3n) is 2.01. The van der Waals surface area contributed by atoms with E-state index < -0.39 is 0 Å². The van der Waals surface area contributed by atoms with E-state index in [9.17, 15) is 4.79 Å². The van der Waals surface area contributed by atoms with Gasteiger partial charge in [0.1, 0.15) is 6.23 Å². The summed E-state index contributed by atoms with van der Waals surface area (Å²) in [6.07, 6.45) is 3.31. The molecular weight excluding hydrogens is 154 g/mol. The molecule has 1 rings (SSSR count). The maximum absolute atomic E-state index is 11.2. The molecule has 1 saturated heterocycles. The second-order valence-electron chi connectivity index (χ2n) is 2.79. The fourth-order valence-corrected chi connectivity index (χ4v) is 1.47. The highest BCUT2D eigenvalue weighted by Crippen LogP contribution is 2.18. The molecule has 1 unspecified atom stereocenters. The van der Waals surface area contributed by atoms with E-state index in [1.807, 2.05) is 6.92 Å². The van der Waals surface area contributed by atoms with E-state index in [2.05, 4.69) is 6.58 Å². The van der Waals surface area contributed by atoms with Crippen molar-refractivity contribution in [3.05, 3.63) is 12.7 Å². The number of likely N-dealkylation sites (tertiary alicyclic amines) is 1. The highest BCUT2D eigenvalue weighted by Gasteiger charge is 2.26. The van der Waals surface area contributed by atoms with E-state index in [1.165, 1.54) is 6.08 Å². The van der Waals surface area contributed by atoms with E-state index in [1.54, 1.807) is 4.90 Å². The zero-order valence-corrected chi connectivity index (χ0v) is 7.45. The molecule has 12 heavy (non-hydrogen) atoms. The third kappa shape index (κ3) is 1.85. The molecule has 1 atom stereocenters. The molecule has 0 aromatic heterocycles. The standard InChI is InChI=1S/C9H15NO2/c1-3-8(11)10-7-5-6-9(10)12-4-2/h3,9H,1,4-7H2,2H3. The molecule has 0 aliphatic carbocycles. The van der Waals surface area contributed by atoms with Gasteiger partial charge in [-0.1, -0.05) is 6.58 Å². The van der Waals surface area contributed by atoms with E-state index >= 15 is 0 Å². The Morgan fingerprint density at radius 3 is 3.17 bits per heavy atom. The van der Waals surface area contributed by atoms with Gasteiger partial charge in [0.15, 0.2) is 0 Å². The highest BCUT2D eigenvalue weighted by molar-refractivity contribution is 5.87. The van der Waals surface area contributed by atoms with Gasteiger partial charge in [-0.3, -0.25) is 4.79 Å². The van der Waals surface area contributed by atoms with Gasteiger partial charge in [-0.05, 0) is 25.8 Å². The first-order valence-electron chi connectivity index (χ1n) is 4.34. The largest absolute Gasteiger partial charge is 0.359 e. The van der Waals surface area contributed by atoms with Crippen LogP contribution in [0.25, 0.3) is 0 Å². The molecule has 3 heteroatoms. The van der Waals surface area contributed by atoms with Crippen molar-refractivity contribution in [3.8, 4) is 0 Å². The lowest BCUT2D eigenvalue weighted by Crippen LogP contribution is -2.35. The molecule has 0 N–H and O–H groups in total. The van der Waals surface area contributed by atoms with Gasteiger partial charge in [-0.25, -0.2) is 0 Å². The van der Waals surface area contributed by atoms with Crippen molar-refractivity contribution in [1.82, 2.24) is 4.90 Å². The molecule has 1 aliphatic rings. The quantitative estimate of drug-likeness (QED) is 0.593. The molecule has 0 aromatic rings. The summed E-state index contributed by atoms with van der Waals surface area (Å²) in [6, 6.07) is 0. The molecule has 1 aliphatic heterocycles. The van der Waals surface area contributed by atoms with Crippen LogP contribution in [0.15, 0.2) is 12.7 Å². The van der Waals surface area contributed by atoms with Crippen molar-refractivity contribution in [1.29, 1.82) is 0 Å². The zero-order valence-electron chi connectivity index (χ0n) is 7.45. The summed E-state index contributed by atoms with van der Waals surface area (Å²) in [6.45, 7) is 6.85. The summed E-state index contributed by atoms with van der Waals surface area (Å²) in [5.41, 5.74) is 0. The Morgan fingerprint density at radius 2 is 2.58 bits per heavy atom. The smallest absolute Gasteiger partial charge is 0.247 e. The molecule has 3 nitrogen and oxygen atoms in total. The number of carbonyl (C=O) groups is 1. The lowest BCUT2D eigenvalue weighted by Gasteiger charge is -2.22. The molecule has 0 spiro atoms. The normalized spacial score (nSPS) is 22.8. The predicted molar refractivity (Wildman–Crippen MR) is 46.6 cm³/mol. The number of hydrogen-bond acceptors (Lipinski definition) is 2. The SMILES string of the molecule is C=CC(=O)N1CCCC1OCC. The number of ether oxygens (including phenoxy) is 1. The van der Waals surface area contributed by atoms with E-state index in [0.717, 1.165) is 19.4 Å². The van der Waals surface area contributed by atoms with E-state index in [0.29, 0.717) is 6.61 Å². The van der Waals surface area contributed by atoms with Gasteiger partial charge >= 0.3 is 0 Å². The van der Waals surface area contributed by atoms with Gasteiger partial charge in [0.25, 0.3) is 0 Å². The Labute approximate surface area is 73.0 Å². The van der Waals surface area contributed by atoms with Gasteiger partial charge in [0.05, 0.1) is 0 Å². The molecular formula is C9H15NO2. The van der Waals surface area contributed by atoms with Crippen LogP contribution in [0.5, 0.6) is 0 Å². The fraction of sp³-hybridized carbons (Fsp3) is 0.667. The van der Waals surface area contributed by atoms with Crippen LogP contribution in [0, 0.1) is 0 Å². The Kier molecular flexibility index (Phi) is 3.29.